The average molecular weight is 871 g/mol. The minimum absolute atomic E-state index is 0.627. The number of thiophene rings is 1. The van der Waals surface area contributed by atoms with Crippen molar-refractivity contribution in [2.24, 2.45) is 0 Å². The number of hydrogen-bond acceptors (Lipinski definition) is 5. The van der Waals surface area contributed by atoms with Gasteiger partial charge in [-0.25, -0.2) is 19.9 Å². The SMILES string of the molecule is c1ccc(-c2nc(-c3ccccc3)nc(-c3cccc(-c4cccc(-c5sc6c(c(-c7ccccc7)nc7ccccc76)c5-c5ccc6c7ccccc7c7ccccc7c6c5)c4)c3)n2)cc1. The van der Waals surface area contributed by atoms with Gasteiger partial charge in [0.1, 0.15) is 0 Å². The highest BCUT2D eigenvalue weighted by Gasteiger charge is 2.24. The van der Waals surface area contributed by atoms with Crippen molar-refractivity contribution in [1.29, 1.82) is 0 Å². The molecule has 0 fully saturated rings. The van der Waals surface area contributed by atoms with Gasteiger partial charge in [-0.3, -0.25) is 0 Å². The van der Waals surface area contributed by atoms with E-state index in [9.17, 15) is 0 Å². The predicted octanol–water partition coefficient (Wildman–Crippen LogP) is 16.8. The molecule has 3 heterocycles. The number of nitrogens with zero attached hydrogens (tertiary/aromatic N) is 4. The number of pyridine rings is 1. The highest BCUT2D eigenvalue weighted by molar-refractivity contribution is 7.24. The average Bonchev–Trinajstić information content (AvgIpc) is 3.83. The van der Waals surface area contributed by atoms with Gasteiger partial charge in [0, 0.05) is 48.2 Å². The summed E-state index contributed by atoms with van der Waals surface area (Å²) in [6.07, 6.45) is 0. The van der Waals surface area contributed by atoms with Crippen LogP contribution < -0.4 is 0 Å². The Bertz CT molecular complexity index is 3940. The Morgan fingerprint density at radius 1 is 0.269 bits per heavy atom. The van der Waals surface area contributed by atoms with E-state index in [0.717, 1.165) is 61.1 Å². The number of fused-ring (bicyclic) bond motifs is 9. The zero-order valence-electron chi connectivity index (χ0n) is 36.1. The maximum atomic E-state index is 5.46. The summed E-state index contributed by atoms with van der Waals surface area (Å²) in [4.78, 5) is 21.7. The zero-order valence-corrected chi connectivity index (χ0v) is 37.0. The second kappa shape index (κ2) is 16.1. The van der Waals surface area contributed by atoms with Crippen molar-refractivity contribution in [2.45, 2.75) is 0 Å². The monoisotopic (exact) mass is 870 g/mol. The standard InChI is InChI=1S/C62H38N4S/c1-4-18-39(19-5-1)57-56-55(44-34-35-51-49-30-11-10-28-47(49)48-29-12-13-31-50(48)53(51)38-44)58(67-59(56)52-32-14-15-33-54(52)63-57)45-26-16-24-42(36-45)43-25-17-27-46(37-43)62-65-60(40-20-6-2-7-21-40)64-61(66-62)41-22-8-3-9-23-41/h1-38H. The zero-order chi connectivity index (χ0) is 44.3. The van der Waals surface area contributed by atoms with Gasteiger partial charge in [-0.1, -0.05) is 206 Å². The lowest BCUT2D eigenvalue weighted by atomic mass is 9.90. The third-order valence-corrected chi connectivity index (χ3v) is 14.2. The molecule has 13 rings (SSSR count). The highest BCUT2D eigenvalue weighted by Crippen LogP contribution is 2.51. The molecule has 0 bridgehead atoms. The molecule has 10 aromatic carbocycles. The largest absolute Gasteiger partial charge is 0.247 e. The molecule has 13 aromatic rings. The number of rotatable bonds is 7. The second-order valence-electron chi connectivity index (χ2n) is 16.9. The lowest BCUT2D eigenvalue weighted by Crippen LogP contribution is -2.00. The molecule has 0 spiro atoms. The first-order valence-electron chi connectivity index (χ1n) is 22.5. The fourth-order valence-corrected chi connectivity index (χ4v) is 11.1. The molecule has 4 nitrogen and oxygen atoms in total. The first-order valence-corrected chi connectivity index (χ1v) is 23.4. The molecule has 312 valence electrons. The highest BCUT2D eigenvalue weighted by atomic mass is 32.1. The summed E-state index contributed by atoms with van der Waals surface area (Å²) in [7, 11) is 0. The maximum absolute atomic E-state index is 5.46. The number of benzene rings is 10. The lowest BCUT2D eigenvalue weighted by Gasteiger charge is -2.14. The third kappa shape index (κ3) is 6.75. The van der Waals surface area contributed by atoms with E-state index >= 15 is 0 Å². The van der Waals surface area contributed by atoms with Crippen LogP contribution in [0.15, 0.2) is 231 Å². The van der Waals surface area contributed by atoms with Crippen LogP contribution in [-0.2, 0) is 0 Å². The van der Waals surface area contributed by atoms with E-state index in [1.165, 1.54) is 52.8 Å². The topological polar surface area (TPSA) is 51.6 Å². The summed E-state index contributed by atoms with van der Waals surface area (Å²) >= 11 is 1.86. The van der Waals surface area contributed by atoms with Crippen LogP contribution in [0, 0.1) is 0 Å². The summed E-state index contributed by atoms with van der Waals surface area (Å²) in [6.45, 7) is 0. The molecule has 0 atom stereocenters. The molecule has 0 saturated carbocycles. The second-order valence-corrected chi connectivity index (χ2v) is 17.9. The summed E-state index contributed by atoms with van der Waals surface area (Å²) in [5, 5.41) is 9.84. The molecule has 0 amide bonds. The number of hydrogen-bond donors (Lipinski definition) is 0. The molecular formula is C62H38N4S. The van der Waals surface area contributed by atoms with Crippen LogP contribution in [0.3, 0.4) is 0 Å². The van der Waals surface area contributed by atoms with E-state index in [1.54, 1.807) is 0 Å². The first kappa shape index (κ1) is 38.8. The van der Waals surface area contributed by atoms with Crippen LogP contribution in [0.2, 0.25) is 0 Å². The summed E-state index contributed by atoms with van der Waals surface area (Å²) < 4.78 is 1.23. The number of para-hydroxylation sites is 1. The molecule has 3 aromatic heterocycles. The summed E-state index contributed by atoms with van der Waals surface area (Å²) in [6, 6.07) is 81.7. The molecule has 0 aliphatic rings. The fraction of sp³-hybridized carbons (Fsp3) is 0. The van der Waals surface area contributed by atoms with E-state index in [2.05, 4.69) is 170 Å². The Labute approximate surface area is 391 Å². The molecule has 67 heavy (non-hydrogen) atoms. The van der Waals surface area contributed by atoms with Crippen molar-refractivity contribution >= 4 is 64.6 Å². The van der Waals surface area contributed by atoms with E-state index in [1.807, 2.05) is 72.0 Å². The molecule has 0 aliphatic heterocycles. The van der Waals surface area contributed by atoms with Crippen molar-refractivity contribution in [3.63, 3.8) is 0 Å². The molecule has 5 heteroatoms. The molecule has 0 radical (unpaired) electrons. The van der Waals surface area contributed by atoms with E-state index < -0.39 is 0 Å². The van der Waals surface area contributed by atoms with Gasteiger partial charge < -0.3 is 0 Å². The third-order valence-electron chi connectivity index (χ3n) is 12.9. The maximum Gasteiger partial charge on any atom is 0.164 e. The van der Waals surface area contributed by atoms with E-state index in [-0.39, 0.29) is 0 Å². The van der Waals surface area contributed by atoms with Gasteiger partial charge in [0.05, 0.1) is 11.2 Å². The van der Waals surface area contributed by atoms with Crippen molar-refractivity contribution in [2.75, 3.05) is 0 Å². The van der Waals surface area contributed by atoms with Crippen molar-refractivity contribution in [3.8, 4) is 78.1 Å². The Kier molecular flexibility index (Phi) is 9.32. The predicted molar refractivity (Wildman–Crippen MR) is 281 cm³/mol. The Balaban J connectivity index is 1.03. The Hall–Kier alpha value is -8.64. The van der Waals surface area contributed by atoms with E-state index in [4.69, 9.17) is 19.9 Å². The first-order chi connectivity index (χ1) is 33.2. The van der Waals surface area contributed by atoms with Gasteiger partial charge in [0.25, 0.3) is 0 Å². The Morgan fingerprint density at radius 3 is 1.30 bits per heavy atom. The van der Waals surface area contributed by atoms with Gasteiger partial charge in [0.2, 0.25) is 0 Å². The molecular weight excluding hydrogens is 833 g/mol. The quantitative estimate of drug-likeness (QED) is 0.150. The van der Waals surface area contributed by atoms with Gasteiger partial charge >= 0.3 is 0 Å². The van der Waals surface area contributed by atoms with Crippen LogP contribution in [0.25, 0.3) is 131 Å². The normalized spacial score (nSPS) is 11.6. The van der Waals surface area contributed by atoms with Crippen LogP contribution in [0.1, 0.15) is 0 Å². The molecule has 0 N–H and O–H groups in total. The lowest BCUT2D eigenvalue weighted by molar-refractivity contribution is 1.07. The van der Waals surface area contributed by atoms with Crippen LogP contribution >= 0.6 is 11.3 Å². The molecule has 0 saturated heterocycles. The van der Waals surface area contributed by atoms with Crippen molar-refractivity contribution in [1.82, 2.24) is 19.9 Å². The van der Waals surface area contributed by atoms with Gasteiger partial charge in [-0.05, 0) is 78.8 Å². The van der Waals surface area contributed by atoms with E-state index in [0.29, 0.717) is 17.5 Å². The fourth-order valence-electron chi connectivity index (χ4n) is 9.75. The minimum atomic E-state index is 0.627. The summed E-state index contributed by atoms with van der Waals surface area (Å²) in [5.41, 5.74) is 11.5. The van der Waals surface area contributed by atoms with Gasteiger partial charge in [-0.2, -0.15) is 0 Å². The summed E-state index contributed by atoms with van der Waals surface area (Å²) in [5.74, 6) is 1.91. The van der Waals surface area contributed by atoms with Gasteiger partial charge in [0.15, 0.2) is 17.5 Å². The van der Waals surface area contributed by atoms with Crippen LogP contribution in [0.5, 0.6) is 0 Å². The number of aromatic nitrogens is 4. The van der Waals surface area contributed by atoms with Crippen molar-refractivity contribution in [3.05, 3.63) is 231 Å². The molecule has 0 unspecified atom stereocenters. The Morgan fingerprint density at radius 2 is 0.701 bits per heavy atom. The molecule has 0 aliphatic carbocycles. The minimum Gasteiger partial charge on any atom is -0.247 e. The van der Waals surface area contributed by atoms with Gasteiger partial charge in [-0.15, -0.1) is 11.3 Å². The smallest absolute Gasteiger partial charge is 0.164 e. The van der Waals surface area contributed by atoms with Crippen LogP contribution in [-0.4, -0.2) is 19.9 Å². The van der Waals surface area contributed by atoms with Crippen LogP contribution in [0.4, 0.5) is 0 Å². The van der Waals surface area contributed by atoms with Crippen molar-refractivity contribution < 1.29 is 0 Å².